The summed E-state index contributed by atoms with van der Waals surface area (Å²) < 4.78 is 12.4. The zero-order valence-electron chi connectivity index (χ0n) is 14.7. The quantitative estimate of drug-likeness (QED) is 0.801. The van der Waals surface area contributed by atoms with Crippen LogP contribution in [0.1, 0.15) is 34.9 Å². The highest BCUT2D eigenvalue weighted by molar-refractivity contribution is 5.94. The Labute approximate surface area is 147 Å². The largest absolute Gasteiger partial charge is 0.481 e. The minimum absolute atomic E-state index is 0.0143. The standard InChI is InChI=1S/C18H24N4O3/c1-24-11-10-21-9-7-20-17(21)15-4-3-8-22(13-15)18(23)14-5-6-19-16(12-14)25-2/h5-7,9,12,15H,3-4,8,10-11,13H2,1-2H3/t15-/m0/s1. The average Bonchev–Trinajstić information content (AvgIpc) is 3.14. The SMILES string of the molecule is COCCn1ccnc1[C@H]1CCCN(C(=O)c2ccnc(OC)c2)C1. The molecular formula is C18H24N4O3. The van der Waals surface area contributed by atoms with Crippen LogP contribution < -0.4 is 4.74 Å². The predicted octanol–water partition coefficient (Wildman–Crippen LogP) is 1.95. The summed E-state index contributed by atoms with van der Waals surface area (Å²) in [6, 6.07) is 3.42. The first kappa shape index (κ1) is 17.4. The number of aromatic nitrogens is 3. The van der Waals surface area contributed by atoms with E-state index in [0.29, 0.717) is 24.6 Å². The second kappa shape index (κ2) is 8.11. The smallest absolute Gasteiger partial charge is 0.254 e. The lowest BCUT2D eigenvalue weighted by atomic mass is 9.96. The van der Waals surface area contributed by atoms with Gasteiger partial charge in [0.1, 0.15) is 5.82 Å². The maximum Gasteiger partial charge on any atom is 0.254 e. The summed E-state index contributed by atoms with van der Waals surface area (Å²) in [6.07, 6.45) is 7.40. The summed E-state index contributed by atoms with van der Waals surface area (Å²) in [7, 11) is 3.24. The number of methoxy groups -OCH3 is 2. The average molecular weight is 344 g/mol. The summed E-state index contributed by atoms with van der Waals surface area (Å²) in [5, 5.41) is 0. The third kappa shape index (κ3) is 3.99. The number of ether oxygens (including phenoxy) is 2. The molecule has 0 spiro atoms. The number of piperidine rings is 1. The van der Waals surface area contributed by atoms with Crippen LogP contribution in [-0.2, 0) is 11.3 Å². The summed E-state index contributed by atoms with van der Waals surface area (Å²) >= 11 is 0. The van der Waals surface area contributed by atoms with Gasteiger partial charge in [0.2, 0.25) is 5.88 Å². The van der Waals surface area contributed by atoms with Crippen molar-refractivity contribution in [2.45, 2.75) is 25.3 Å². The van der Waals surface area contributed by atoms with E-state index in [1.807, 2.05) is 17.3 Å². The maximum atomic E-state index is 12.8. The van der Waals surface area contributed by atoms with Crippen LogP contribution in [0.5, 0.6) is 5.88 Å². The Balaban J connectivity index is 1.72. The first-order valence-electron chi connectivity index (χ1n) is 8.52. The molecule has 0 aliphatic carbocycles. The third-order valence-corrected chi connectivity index (χ3v) is 4.55. The summed E-state index contributed by atoms with van der Waals surface area (Å²) in [5.41, 5.74) is 0.607. The Morgan fingerprint density at radius 3 is 3.00 bits per heavy atom. The zero-order valence-corrected chi connectivity index (χ0v) is 14.7. The first-order valence-corrected chi connectivity index (χ1v) is 8.52. The van der Waals surface area contributed by atoms with Crippen LogP contribution in [0, 0.1) is 0 Å². The summed E-state index contributed by atoms with van der Waals surface area (Å²) in [4.78, 5) is 23.3. The van der Waals surface area contributed by atoms with Gasteiger partial charge in [0.25, 0.3) is 5.91 Å². The lowest BCUT2D eigenvalue weighted by molar-refractivity contribution is 0.0702. The van der Waals surface area contributed by atoms with Gasteiger partial charge in [0, 0.05) is 62.9 Å². The fourth-order valence-corrected chi connectivity index (χ4v) is 3.27. The minimum atomic E-state index is 0.0143. The minimum Gasteiger partial charge on any atom is -0.481 e. The van der Waals surface area contributed by atoms with Gasteiger partial charge in [-0.2, -0.15) is 0 Å². The molecule has 0 radical (unpaired) electrons. The van der Waals surface area contributed by atoms with Gasteiger partial charge < -0.3 is 18.9 Å². The number of nitrogens with zero attached hydrogens (tertiary/aromatic N) is 4. The topological polar surface area (TPSA) is 69.5 Å². The molecule has 7 nitrogen and oxygen atoms in total. The molecule has 25 heavy (non-hydrogen) atoms. The van der Waals surface area contributed by atoms with Gasteiger partial charge in [-0.3, -0.25) is 4.79 Å². The van der Waals surface area contributed by atoms with E-state index >= 15 is 0 Å². The zero-order chi connectivity index (χ0) is 17.6. The molecule has 3 heterocycles. The van der Waals surface area contributed by atoms with Gasteiger partial charge in [0.15, 0.2) is 0 Å². The van der Waals surface area contributed by atoms with Crippen molar-refractivity contribution in [2.75, 3.05) is 33.9 Å². The normalized spacial score (nSPS) is 17.5. The van der Waals surface area contributed by atoms with Gasteiger partial charge in [-0.05, 0) is 18.9 Å². The number of imidazole rings is 1. The van der Waals surface area contributed by atoms with Crippen molar-refractivity contribution in [3.05, 3.63) is 42.1 Å². The lowest BCUT2D eigenvalue weighted by Crippen LogP contribution is -2.39. The number of hydrogen-bond acceptors (Lipinski definition) is 5. The molecule has 1 aliphatic heterocycles. The van der Waals surface area contributed by atoms with E-state index in [-0.39, 0.29) is 11.8 Å². The molecule has 0 saturated carbocycles. The molecule has 1 fully saturated rings. The lowest BCUT2D eigenvalue weighted by Gasteiger charge is -2.32. The van der Waals surface area contributed by atoms with Crippen molar-refractivity contribution < 1.29 is 14.3 Å². The first-order chi connectivity index (χ1) is 12.2. The Morgan fingerprint density at radius 2 is 2.20 bits per heavy atom. The molecule has 1 amide bonds. The molecule has 1 atom stereocenters. The number of rotatable bonds is 6. The van der Waals surface area contributed by atoms with Crippen molar-refractivity contribution in [1.29, 1.82) is 0 Å². The van der Waals surface area contributed by atoms with E-state index in [9.17, 15) is 4.79 Å². The Morgan fingerprint density at radius 1 is 1.32 bits per heavy atom. The highest BCUT2D eigenvalue weighted by Crippen LogP contribution is 2.27. The van der Waals surface area contributed by atoms with E-state index in [2.05, 4.69) is 14.5 Å². The predicted molar refractivity (Wildman–Crippen MR) is 92.8 cm³/mol. The second-order valence-corrected chi connectivity index (χ2v) is 6.15. The number of carbonyl (C=O) groups excluding carboxylic acids is 1. The number of amides is 1. The van der Waals surface area contributed by atoms with Gasteiger partial charge in [0.05, 0.1) is 13.7 Å². The van der Waals surface area contributed by atoms with Crippen LogP contribution >= 0.6 is 0 Å². The maximum absolute atomic E-state index is 12.8. The highest BCUT2D eigenvalue weighted by atomic mass is 16.5. The van der Waals surface area contributed by atoms with Gasteiger partial charge in [-0.15, -0.1) is 0 Å². The molecule has 2 aromatic rings. The molecule has 134 valence electrons. The van der Waals surface area contributed by atoms with Crippen LogP contribution in [0.2, 0.25) is 0 Å². The number of pyridine rings is 1. The molecule has 0 bridgehead atoms. The molecule has 0 aromatic carbocycles. The van der Waals surface area contributed by atoms with E-state index < -0.39 is 0 Å². The van der Waals surface area contributed by atoms with Crippen molar-refractivity contribution in [2.24, 2.45) is 0 Å². The molecule has 1 saturated heterocycles. The van der Waals surface area contributed by atoms with Crippen molar-refractivity contribution in [3.8, 4) is 5.88 Å². The van der Waals surface area contributed by atoms with Gasteiger partial charge in [-0.1, -0.05) is 0 Å². The fraction of sp³-hybridized carbons (Fsp3) is 0.500. The van der Waals surface area contributed by atoms with Crippen LogP contribution in [0.15, 0.2) is 30.7 Å². The number of carbonyl (C=O) groups is 1. The van der Waals surface area contributed by atoms with Gasteiger partial charge >= 0.3 is 0 Å². The number of likely N-dealkylation sites (tertiary alicyclic amines) is 1. The van der Waals surface area contributed by atoms with Gasteiger partial charge in [-0.25, -0.2) is 9.97 Å². The summed E-state index contributed by atoms with van der Waals surface area (Å²) in [6.45, 7) is 2.86. The van der Waals surface area contributed by atoms with Crippen molar-refractivity contribution in [1.82, 2.24) is 19.4 Å². The molecule has 1 aliphatic rings. The second-order valence-electron chi connectivity index (χ2n) is 6.15. The van der Waals surface area contributed by atoms with Crippen LogP contribution in [-0.4, -0.2) is 59.3 Å². The van der Waals surface area contributed by atoms with Crippen molar-refractivity contribution >= 4 is 5.91 Å². The fourth-order valence-electron chi connectivity index (χ4n) is 3.27. The van der Waals surface area contributed by atoms with Crippen molar-refractivity contribution in [3.63, 3.8) is 0 Å². The highest BCUT2D eigenvalue weighted by Gasteiger charge is 2.28. The molecule has 3 rings (SSSR count). The molecular weight excluding hydrogens is 320 g/mol. The third-order valence-electron chi connectivity index (χ3n) is 4.55. The van der Waals surface area contributed by atoms with E-state index in [1.54, 1.807) is 32.5 Å². The molecule has 0 N–H and O–H groups in total. The Kier molecular flexibility index (Phi) is 5.65. The van der Waals surface area contributed by atoms with E-state index in [0.717, 1.165) is 31.8 Å². The molecule has 0 unspecified atom stereocenters. The Hall–Kier alpha value is -2.41. The van der Waals surface area contributed by atoms with Crippen LogP contribution in [0.3, 0.4) is 0 Å². The molecule has 7 heteroatoms. The number of hydrogen-bond donors (Lipinski definition) is 0. The Bertz CT molecular complexity index is 716. The molecule has 2 aromatic heterocycles. The summed E-state index contributed by atoms with van der Waals surface area (Å²) in [5.74, 6) is 1.74. The van der Waals surface area contributed by atoms with E-state index in [4.69, 9.17) is 9.47 Å². The monoisotopic (exact) mass is 344 g/mol. The van der Waals surface area contributed by atoms with Crippen LogP contribution in [0.4, 0.5) is 0 Å². The van der Waals surface area contributed by atoms with E-state index in [1.165, 1.54) is 0 Å². The van der Waals surface area contributed by atoms with Crippen LogP contribution in [0.25, 0.3) is 0 Å².